The number of esters is 1. The Hall–Kier alpha value is -2.67. The van der Waals surface area contributed by atoms with Crippen LogP contribution >= 0.6 is 11.3 Å². The Morgan fingerprint density at radius 3 is 2.40 bits per heavy atom. The smallest absolute Gasteiger partial charge is 0.329 e. The van der Waals surface area contributed by atoms with Gasteiger partial charge in [0.15, 0.2) is 6.61 Å². The molecule has 0 saturated carbocycles. The van der Waals surface area contributed by atoms with Crippen molar-refractivity contribution < 1.29 is 19.1 Å². The first kappa shape index (κ1) is 18.7. The molecule has 0 spiro atoms. The first-order chi connectivity index (χ1) is 12.0. The molecule has 2 aromatic rings. The number of benzene rings is 1. The molecule has 0 aliphatic rings. The predicted molar refractivity (Wildman–Crippen MR) is 96.4 cm³/mol. The quantitative estimate of drug-likeness (QED) is 0.744. The number of rotatable bonds is 7. The van der Waals surface area contributed by atoms with Crippen molar-refractivity contribution in [3.8, 4) is 0 Å². The molecule has 132 valence electrons. The van der Waals surface area contributed by atoms with Crippen LogP contribution in [0.4, 0.5) is 5.69 Å². The number of nitrogens with one attached hydrogen (secondary N) is 2. The lowest BCUT2D eigenvalue weighted by Gasteiger charge is -2.20. The van der Waals surface area contributed by atoms with Crippen LogP contribution in [0.5, 0.6) is 0 Å². The van der Waals surface area contributed by atoms with Gasteiger partial charge >= 0.3 is 5.97 Å². The van der Waals surface area contributed by atoms with E-state index >= 15 is 0 Å². The lowest BCUT2D eigenvalue weighted by atomic mass is 10.0. The van der Waals surface area contributed by atoms with Crippen LogP contribution in [0.1, 0.15) is 23.5 Å². The van der Waals surface area contributed by atoms with Gasteiger partial charge in [-0.25, -0.2) is 4.79 Å². The predicted octanol–water partition coefficient (Wildman–Crippen LogP) is 2.68. The summed E-state index contributed by atoms with van der Waals surface area (Å²) in [4.78, 5) is 36.7. The SMILES string of the molecule is CC(C)[C@H](NC(=O)c1cccs1)C(=O)OCC(=O)Nc1ccccc1. The van der Waals surface area contributed by atoms with Crippen LogP contribution in [0, 0.1) is 5.92 Å². The summed E-state index contributed by atoms with van der Waals surface area (Å²) in [5.74, 6) is -1.58. The van der Waals surface area contributed by atoms with Gasteiger partial charge < -0.3 is 15.4 Å². The molecule has 0 saturated heterocycles. The Kier molecular flexibility index (Phi) is 6.71. The Balaban J connectivity index is 1.87. The van der Waals surface area contributed by atoms with Crippen molar-refractivity contribution in [3.05, 3.63) is 52.7 Å². The summed E-state index contributed by atoms with van der Waals surface area (Å²) in [5.41, 5.74) is 0.620. The molecule has 1 aromatic carbocycles. The van der Waals surface area contributed by atoms with Crippen LogP contribution in [0.2, 0.25) is 0 Å². The Bertz CT molecular complexity index is 714. The number of thiophene rings is 1. The molecule has 0 bridgehead atoms. The maximum atomic E-state index is 12.2. The number of ether oxygens (including phenoxy) is 1. The molecule has 2 amide bonds. The van der Waals surface area contributed by atoms with E-state index in [0.29, 0.717) is 10.6 Å². The normalized spacial score (nSPS) is 11.6. The summed E-state index contributed by atoms with van der Waals surface area (Å²) < 4.78 is 5.06. The fourth-order valence-electron chi connectivity index (χ4n) is 2.06. The second-order valence-corrected chi connectivity index (χ2v) is 6.64. The van der Waals surface area contributed by atoms with E-state index < -0.39 is 24.5 Å². The molecule has 0 fully saturated rings. The summed E-state index contributed by atoms with van der Waals surface area (Å²) >= 11 is 1.29. The van der Waals surface area contributed by atoms with Crippen LogP contribution in [-0.4, -0.2) is 30.4 Å². The van der Waals surface area contributed by atoms with Crippen molar-refractivity contribution in [2.24, 2.45) is 5.92 Å². The summed E-state index contributed by atoms with van der Waals surface area (Å²) in [6.45, 7) is 3.18. The third-order valence-corrected chi connectivity index (χ3v) is 4.22. The van der Waals surface area contributed by atoms with Gasteiger partial charge in [-0.15, -0.1) is 11.3 Å². The fraction of sp³-hybridized carbons (Fsp3) is 0.278. The van der Waals surface area contributed by atoms with E-state index in [9.17, 15) is 14.4 Å². The summed E-state index contributed by atoms with van der Waals surface area (Å²) in [7, 11) is 0. The van der Waals surface area contributed by atoms with E-state index in [0.717, 1.165) is 0 Å². The van der Waals surface area contributed by atoms with E-state index in [-0.39, 0.29) is 11.8 Å². The van der Waals surface area contributed by atoms with Gasteiger partial charge in [-0.05, 0) is 29.5 Å². The second-order valence-electron chi connectivity index (χ2n) is 5.69. The molecule has 1 aromatic heterocycles. The van der Waals surface area contributed by atoms with E-state index in [4.69, 9.17) is 4.74 Å². The van der Waals surface area contributed by atoms with E-state index in [2.05, 4.69) is 10.6 Å². The first-order valence-electron chi connectivity index (χ1n) is 7.83. The molecule has 1 atom stereocenters. The Morgan fingerprint density at radius 2 is 1.80 bits per heavy atom. The van der Waals surface area contributed by atoms with E-state index in [1.807, 2.05) is 6.07 Å². The van der Waals surface area contributed by atoms with Crippen molar-refractivity contribution in [1.29, 1.82) is 0 Å². The third-order valence-electron chi connectivity index (χ3n) is 3.36. The summed E-state index contributed by atoms with van der Waals surface area (Å²) in [5, 5.41) is 7.07. The fourth-order valence-corrected chi connectivity index (χ4v) is 2.69. The molecule has 2 rings (SSSR count). The number of para-hydroxylation sites is 1. The van der Waals surface area contributed by atoms with Gasteiger partial charge in [-0.3, -0.25) is 9.59 Å². The highest BCUT2D eigenvalue weighted by Crippen LogP contribution is 2.11. The number of hydrogen-bond donors (Lipinski definition) is 2. The standard InChI is InChI=1S/C18H20N2O4S/c1-12(2)16(20-17(22)14-9-6-10-25-14)18(23)24-11-15(21)19-13-7-4-3-5-8-13/h3-10,12,16H,11H2,1-2H3,(H,19,21)(H,20,22)/t16-/m0/s1. The molecule has 1 heterocycles. The lowest BCUT2D eigenvalue weighted by molar-refractivity contribution is -0.150. The number of carbonyl (C=O) groups excluding carboxylic acids is 3. The number of carbonyl (C=O) groups is 3. The summed E-state index contributed by atoms with van der Waals surface area (Å²) in [6, 6.07) is 11.5. The minimum atomic E-state index is -0.820. The van der Waals surface area contributed by atoms with Gasteiger partial charge in [0.1, 0.15) is 6.04 Å². The molecule has 7 heteroatoms. The molecule has 6 nitrogen and oxygen atoms in total. The van der Waals surface area contributed by atoms with Gasteiger partial charge in [-0.2, -0.15) is 0 Å². The summed E-state index contributed by atoms with van der Waals surface area (Å²) in [6.07, 6.45) is 0. The van der Waals surface area contributed by atoms with Gasteiger partial charge in [0.2, 0.25) is 0 Å². The van der Waals surface area contributed by atoms with Crippen molar-refractivity contribution in [2.75, 3.05) is 11.9 Å². The average molecular weight is 360 g/mol. The molecule has 0 aliphatic heterocycles. The van der Waals surface area contributed by atoms with Crippen molar-refractivity contribution in [3.63, 3.8) is 0 Å². The van der Waals surface area contributed by atoms with Gasteiger partial charge in [0, 0.05) is 5.69 Å². The zero-order chi connectivity index (χ0) is 18.2. The van der Waals surface area contributed by atoms with Crippen LogP contribution in [0.25, 0.3) is 0 Å². The maximum Gasteiger partial charge on any atom is 0.329 e. The van der Waals surface area contributed by atoms with Gasteiger partial charge in [-0.1, -0.05) is 38.1 Å². The zero-order valence-corrected chi connectivity index (χ0v) is 14.8. The third kappa shape index (κ3) is 5.72. The molecular formula is C18H20N2O4S. The van der Waals surface area contributed by atoms with Crippen molar-refractivity contribution in [2.45, 2.75) is 19.9 Å². The maximum absolute atomic E-state index is 12.2. The van der Waals surface area contributed by atoms with E-state index in [1.165, 1.54) is 11.3 Å². The highest BCUT2D eigenvalue weighted by molar-refractivity contribution is 7.12. The molecule has 0 aliphatic carbocycles. The number of anilines is 1. The molecule has 0 radical (unpaired) electrons. The van der Waals surface area contributed by atoms with Gasteiger partial charge in [0.05, 0.1) is 4.88 Å². The zero-order valence-electron chi connectivity index (χ0n) is 14.0. The molecule has 2 N–H and O–H groups in total. The monoisotopic (exact) mass is 360 g/mol. The second kappa shape index (κ2) is 8.98. The van der Waals surface area contributed by atoms with Crippen molar-refractivity contribution in [1.82, 2.24) is 5.32 Å². The average Bonchev–Trinajstić information content (AvgIpc) is 3.12. The minimum Gasteiger partial charge on any atom is -0.454 e. The van der Waals surface area contributed by atoms with Crippen LogP contribution < -0.4 is 10.6 Å². The molecule has 0 unspecified atom stereocenters. The van der Waals surface area contributed by atoms with Crippen LogP contribution in [0.15, 0.2) is 47.8 Å². The van der Waals surface area contributed by atoms with Crippen molar-refractivity contribution >= 4 is 34.8 Å². The molecular weight excluding hydrogens is 340 g/mol. The first-order valence-corrected chi connectivity index (χ1v) is 8.71. The number of amides is 2. The molecule has 25 heavy (non-hydrogen) atoms. The Morgan fingerprint density at radius 1 is 1.08 bits per heavy atom. The largest absolute Gasteiger partial charge is 0.454 e. The van der Waals surface area contributed by atoms with Gasteiger partial charge in [0.25, 0.3) is 11.8 Å². The number of hydrogen-bond acceptors (Lipinski definition) is 5. The van der Waals surface area contributed by atoms with Crippen LogP contribution in [0.3, 0.4) is 0 Å². The lowest BCUT2D eigenvalue weighted by Crippen LogP contribution is -2.45. The highest BCUT2D eigenvalue weighted by atomic mass is 32.1. The van der Waals surface area contributed by atoms with E-state index in [1.54, 1.807) is 55.6 Å². The Labute approximate surface area is 150 Å². The minimum absolute atomic E-state index is 0.173. The van der Waals surface area contributed by atoms with Crippen LogP contribution in [-0.2, 0) is 14.3 Å². The highest BCUT2D eigenvalue weighted by Gasteiger charge is 2.27. The topological polar surface area (TPSA) is 84.5 Å².